The SMILES string of the molecule is CC(=O)CC(=O)O[C@@H]1COC(=O)C1(C)C. The highest BCUT2D eigenvalue weighted by atomic mass is 16.6. The van der Waals surface area contributed by atoms with Gasteiger partial charge < -0.3 is 9.47 Å². The van der Waals surface area contributed by atoms with Crippen LogP contribution in [-0.4, -0.2) is 30.4 Å². The third-order valence-corrected chi connectivity index (χ3v) is 2.36. The van der Waals surface area contributed by atoms with E-state index >= 15 is 0 Å². The molecule has 1 fully saturated rings. The fourth-order valence-corrected chi connectivity index (χ4v) is 1.26. The fourth-order valence-electron chi connectivity index (χ4n) is 1.26. The van der Waals surface area contributed by atoms with Gasteiger partial charge in [0, 0.05) is 0 Å². The largest absolute Gasteiger partial charge is 0.461 e. The quantitative estimate of drug-likeness (QED) is 0.504. The average molecular weight is 214 g/mol. The van der Waals surface area contributed by atoms with Gasteiger partial charge in [-0.25, -0.2) is 0 Å². The topological polar surface area (TPSA) is 69.7 Å². The molecular weight excluding hydrogens is 200 g/mol. The van der Waals surface area contributed by atoms with Crippen molar-refractivity contribution in [2.45, 2.75) is 33.3 Å². The molecule has 15 heavy (non-hydrogen) atoms. The molecule has 5 nitrogen and oxygen atoms in total. The number of esters is 2. The molecule has 5 heteroatoms. The van der Waals surface area contributed by atoms with E-state index in [1.54, 1.807) is 13.8 Å². The van der Waals surface area contributed by atoms with E-state index in [0.29, 0.717) is 0 Å². The molecule has 1 aliphatic rings. The Morgan fingerprint density at radius 1 is 1.53 bits per heavy atom. The smallest absolute Gasteiger partial charge is 0.315 e. The first-order valence-corrected chi connectivity index (χ1v) is 4.70. The van der Waals surface area contributed by atoms with Crippen molar-refractivity contribution in [2.75, 3.05) is 6.61 Å². The van der Waals surface area contributed by atoms with Crippen LogP contribution in [0, 0.1) is 5.41 Å². The summed E-state index contributed by atoms with van der Waals surface area (Å²) in [7, 11) is 0. The van der Waals surface area contributed by atoms with Gasteiger partial charge in [-0.3, -0.25) is 14.4 Å². The van der Waals surface area contributed by atoms with Crippen molar-refractivity contribution in [2.24, 2.45) is 5.41 Å². The number of rotatable bonds is 3. The molecule has 0 bridgehead atoms. The molecule has 1 atom stereocenters. The van der Waals surface area contributed by atoms with Crippen LogP contribution in [0.15, 0.2) is 0 Å². The number of hydrogen-bond acceptors (Lipinski definition) is 5. The van der Waals surface area contributed by atoms with Crippen LogP contribution in [0.4, 0.5) is 0 Å². The lowest BCUT2D eigenvalue weighted by Gasteiger charge is -2.21. The Morgan fingerprint density at radius 2 is 2.13 bits per heavy atom. The van der Waals surface area contributed by atoms with E-state index in [-0.39, 0.29) is 24.8 Å². The normalized spacial score (nSPS) is 23.4. The maximum absolute atomic E-state index is 11.2. The summed E-state index contributed by atoms with van der Waals surface area (Å²) < 4.78 is 9.79. The van der Waals surface area contributed by atoms with Gasteiger partial charge in [-0.1, -0.05) is 0 Å². The molecule has 0 aromatic carbocycles. The maximum atomic E-state index is 11.2. The average Bonchev–Trinajstić information content (AvgIpc) is 2.30. The molecule has 0 aromatic rings. The molecular formula is C10H14O5. The molecule has 1 heterocycles. The van der Waals surface area contributed by atoms with E-state index in [0.717, 1.165) is 0 Å². The molecule has 0 radical (unpaired) electrons. The lowest BCUT2D eigenvalue weighted by Crippen LogP contribution is -2.34. The van der Waals surface area contributed by atoms with Crippen molar-refractivity contribution in [3.05, 3.63) is 0 Å². The Bertz CT molecular complexity index is 305. The van der Waals surface area contributed by atoms with Crippen molar-refractivity contribution in [3.63, 3.8) is 0 Å². The van der Waals surface area contributed by atoms with Gasteiger partial charge >= 0.3 is 11.9 Å². The molecule has 0 amide bonds. The van der Waals surface area contributed by atoms with Gasteiger partial charge in [0.2, 0.25) is 0 Å². The van der Waals surface area contributed by atoms with Gasteiger partial charge in [-0.15, -0.1) is 0 Å². The molecule has 0 spiro atoms. The summed E-state index contributed by atoms with van der Waals surface area (Å²) in [4.78, 5) is 33.1. The molecule has 1 saturated heterocycles. The molecule has 0 aliphatic carbocycles. The van der Waals surface area contributed by atoms with Crippen molar-refractivity contribution in [3.8, 4) is 0 Å². The summed E-state index contributed by atoms with van der Waals surface area (Å²) in [6, 6.07) is 0. The van der Waals surface area contributed by atoms with Gasteiger partial charge in [0.1, 0.15) is 24.2 Å². The zero-order valence-electron chi connectivity index (χ0n) is 9.03. The third kappa shape index (κ3) is 2.55. The zero-order valence-corrected chi connectivity index (χ0v) is 9.03. The number of ketones is 1. The van der Waals surface area contributed by atoms with Crippen LogP contribution in [0.2, 0.25) is 0 Å². The highest BCUT2D eigenvalue weighted by molar-refractivity contribution is 5.94. The van der Waals surface area contributed by atoms with E-state index in [1.807, 2.05) is 0 Å². The highest BCUT2D eigenvalue weighted by Crippen LogP contribution is 2.31. The molecule has 0 N–H and O–H groups in total. The Morgan fingerprint density at radius 3 is 2.53 bits per heavy atom. The minimum Gasteiger partial charge on any atom is -0.461 e. The monoisotopic (exact) mass is 214 g/mol. The van der Waals surface area contributed by atoms with Crippen molar-refractivity contribution in [1.29, 1.82) is 0 Å². The first kappa shape index (κ1) is 11.7. The summed E-state index contributed by atoms with van der Waals surface area (Å²) in [5, 5.41) is 0. The summed E-state index contributed by atoms with van der Waals surface area (Å²) in [6.07, 6.45) is -0.863. The molecule has 0 unspecified atom stereocenters. The molecule has 1 aliphatic heterocycles. The van der Waals surface area contributed by atoms with Crippen LogP contribution in [0.3, 0.4) is 0 Å². The molecule has 0 aromatic heterocycles. The van der Waals surface area contributed by atoms with Crippen molar-refractivity contribution < 1.29 is 23.9 Å². The zero-order chi connectivity index (χ0) is 11.6. The van der Waals surface area contributed by atoms with E-state index in [2.05, 4.69) is 0 Å². The number of cyclic esters (lactones) is 1. The van der Waals surface area contributed by atoms with E-state index < -0.39 is 17.5 Å². The number of Topliss-reactive ketones (excluding diaryl/α,β-unsaturated/α-hetero) is 1. The summed E-state index contributed by atoms with van der Waals surface area (Å²) >= 11 is 0. The highest BCUT2D eigenvalue weighted by Gasteiger charge is 2.47. The van der Waals surface area contributed by atoms with Gasteiger partial charge in [-0.05, 0) is 20.8 Å². The second-order valence-corrected chi connectivity index (χ2v) is 4.18. The lowest BCUT2D eigenvalue weighted by atomic mass is 9.89. The van der Waals surface area contributed by atoms with Gasteiger partial charge in [-0.2, -0.15) is 0 Å². The standard InChI is InChI=1S/C10H14O5/c1-6(11)4-8(12)15-7-5-14-9(13)10(7,2)3/h7H,4-5H2,1-3H3/t7-/m1/s1. The molecule has 1 rings (SSSR count). The Kier molecular flexibility index (Phi) is 3.12. The van der Waals surface area contributed by atoms with Crippen LogP contribution >= 0.6 is 0 Å². The minimum absolute atomic E-state index is 0.0650. The van der Waals surface area contributed by atoms with Gasteiger partial charge in [0.15, 0.2) is 6.10 Å². The third-order valence-electron chi connectivity index (χ3n) is 2.36. The Labute approximate surface area is 87.7 Å². The van der Waals surface area contributed by atoms with Crippen LogP contribution in [0.1, 0.15) is 27.2 Å². The van der Waals surface area contributed by atoms with Crippen molar-refractivity contribution in [1.82, 2.24) is 0 Å². The van der Waals surface area contributed by atoms with Gasteiger partial charge in [0.05, 0.1) is 0 Å². The van der Waals surface area contributed by atoms with Crippen LogP contribution in [-0.2, 0) is 23.9 Å². The second kappa shape index (κ2) is 4.00. The first-order valence-electron chi connectivity index (χ1n) is 4.70. The van der Waals surface area contributed by atoms with Crippen molar-refractivity contribution >= 4 is 17.7 Å². The number of hydrogen-bond donors (Lipinski definition) is 0. The molecule has 0 saturated carbocycles. The second-order valence-electron chi connectivity index (χ2n) is 4.18. The number of carbonyl (C=O) groups is 3. The Hall–Kier alpha value is -1.39. The molecule has 84 valence electrons. The van der Waals surface area contributed by atoms with Gasteiger partial charge in [0.25, 0.3) is 0 Å². The maximum Gasteiger partial charge on any atom is 0.315 e. The predicted octanol–water partition coefficient (Wildman–Crippen LogP) is 0.460. The van der Waals surface area contributed by atoms with E-state index in [4.69, 9.17) is 9.47 Å². The summed E-state index contributed by atoms with van der Waals surface area (Å²) in [5.41, 5.74) is -0.827. The fraction of sp³-hybridized carbons (Fsp3) is 0.700. The lowest BCUT2D eigenvalue weighted by molar-refractivity contribution is -0.155. The number of ether oxygens (including phenoxy) is 2. The van der Waals surface area contributed by atoms with Crippen LogP contribution in [0.5, 0.6) is 0 Å². The van der Waals surface area contributed by atoms with Crippen LogP contribution < -0.4 is 0 Å². The summed E-state index contributed by atoms with van der Waals surface area (Å²) in [6.45, 7) is 4.67. The summed E-state index contributed by atoms with van der Waals surface area (Å²) in [5.74, 6) is -1.26. The van der Waals surface area contributed by atoms with E-state index in [9.17, 15) is 14.4 Å². The van der Waals surface area contributed by atoms with Crippen LogP contribution in [0.25, 0.3) is 0 Å². The first-order chi connectivity index (χ1) is 6.84. The Balaban J connectivity index is 2.56. The predicted molar refractivity (Wildman–Crippen MR) is 49.9 cm³/mol. The number of carbonyl (C=O) groups excluding carboxylic acids is 3. The van der Waals surface area contributed by atoms with E-state index in [1.165, 1.54) is 6.92 Å². The minimum atomic E-state index is -0.827.